The van der Waals surface area contributed by atoms with E-state index in [2.05, 4.69) is 24.4 Å². The highest BCUT2D eigenvalue weighted by Crippen LogP contribution is 2.38. The van der Waals surface area contributed by atoms with E-state index in [1.807, 2.05) is 29.5 Å². The zero-order valence-electron chi connectivity index (χ0n) is 15.2. The van der Waals surface area contributed by atoms with Crippen molar-refractivity contribution in [1.29, 1.82) is 0 Å². The number of amides is 2. The maximum Gasteiger partial charge on any atom is 0.270 e. The van der Waals surface area contributed by atoms with E-state index < -0.39 is 0 Å². The first-order valence-electron chi connectivity index (χ1n) is 9.02. The van der Waals surface area contributed by atoms with E-state index in [0.29, 0.717) is 6.42 Å². The summed E-state index contributed by atoms with van der Waals surface area (Å²) in [5, 5.41) is 4.11. The fraction of sp³-hybridized carbons (Fsp3) is 0.500. The van der Waals surface area contributed by atoms with Gasteiger partial charge in [-0.05, 0) is 43.2 Å². The van der Waals surface area contributed by atoms with Crippen molar-refractivity contribution >= 4 is 22.7 Å². The van der Waals surface area contributed by atoms with Gasteiger partial charge in [-0.1, -0.05) is 18.2 Å². The van der Waals surface area contributed by atoms with Crippen LogP contribution in [0.2, 0.25) is 0 Å². The van der Waals surface area contributed by atoms with Gasteiger partial charge in [-0.25, -0.2) is 0 Å². The van der Waals surface area contributed by atoms with Crippen LogP contribution in [0.3, 0.4) is 0 Å². The number of aryl methyl sites for hydroxylation is 3. The molecular weight excluding hydrogens is 314 g/mol. The van der Waals surface area contributed by atoms with Crippen molar-refractivity contribution in [3.05, 3.63) is 35.0 Å². The Labute approximate surface area is 148 Å². The number of carbonyl (C=O) groups excluding carboxylic acids is 2. The van der Waals surface area contributed by atoms with Gasteiger partial charge in [-0.3, -0.25) is 9.59 Å². The van der Waals surface area contributed by atoms with Gasteiger partial charge in [0.2, 0.25) is 5.91 Å². The lowest BCUT2D eigenvalue weighted by molar-refractivity contribution is -0.119. The number of nitrogens with zero attached hydrogens (tertiary/aromatic N) is 2. The molecule has 0 aliphatic carbocycles. The van der Waals surface area contributed by atoms with E-state index >= 15 is 0 Å². The predicted molar refractivity (Wildman–Crippen MR) is 97.6 cm³/mol. The summed E-state index contributed by atoms with van der Waals surface area (Å²) < 4.78 is 2.05. The third-order valence-corrected chi connectivity index (χ3v) is 6.18. The molecule has 5 heteroatoms. The van der Waals surface area contributed by atoms with Crippen molar-refractivity contribution in [3.8, 4) is 0 Å². The third kappa shape index (κ3) is 2.44. The highest BCUT2D eigenvalue weighted by Gasteiger charge is 2.42. The largest absolute Gasteiger partial charge is 0.356 e. The Morgan fingerprint density at radius 1 is 1.20 bits per heavy atom. The molecule has 2 aliphatic rings. The van der Waals surface area contributed by atoms with Gasteiger partial charge in [0.25, 0.3) is 5.91 Å². The molecule has 132 valence electrons. The van der Waals surface area contributed by atoms with Crippen molar-refractivity contribution in [3.63, 3.8) is 0 Å². The zero-order chi connectivity index (χ0) is 17.8. The van der Waals surface area contributed by atoms with Gasteiger partial charge < -0.3 is 14.8 Å². The number of piperidine rings is 1. The van der Waals surface area contributed by atoms with Crippen molar-refractivity contribution in [2.24, 2.45) is 12.5 Å². The average Bonchev–Trinajstić information content (AvgIpc) is 3.07. The minimum Gasteiger partial charge on any atom is -0.356 e. The second-order valence-corrected chi connectivity index (χ2v) is 7.75. The molecule has 1 N–H and O–H groups in total. The standard InChI is InChI=1S/C20H25N3O2/c1-13-5-4-6-15-14(2)18(22(3)17(13)15)19(25)23-9-7-20(8-10-23)11-16(24)21-12-20/h4-6H,7-12H2,1-3H3,(H,21,24). The van der Waals surface area contributed by atoms with Crippen molar-refractivity contribution in [2.45, 2.75) is 33.1 Å². The van der Waals surface area contributed by atoms with Gasteiger partial charge in [0.05, 0.1) is 5.52 Å². The predicted octanol–water partition coefficient (Wildman–Crippen LogP) is 2.54. The van der Waals surface area contributed by atoms with E-state index in [1.54, 1.807) is 0 Å². The Kier molecular flexibility index (Phi) is 3.63. The van der Waals surface area contributed by atoms with Crippen LogP contribution in [0.1, 0.15) is 40.9 Å². The Morgan fingerprint density at radius 3 is 2.52 bits per heavy atom. The number of hydrogen-bond donors (Lipinski definition) is 1. The maximum absolute atomic E-state index is 13.2. The summed E-state index contributed by atoms with van der Waals surface area (Å²) >= 11 is 0. The number of fused-ring (bicyclic) bond motifs is 1. The molecule has 0 unspecified atom stereocenters. The Balaban J connectivity index is 1.61. The van der Waals surface area contributed by atoms with Gasteiger partial charge in [-0.2, -0.15) is 0 Å². The second-order valence-electron chi connectivity index (χ2n) is 7.75. The Bertz CT molecular complexity index is 873. The van der Waals surface area contributed by atoms with E-state index in [-0.39, 0.29) is 17.2 Å². The monoisotopic (exact) mass is 339 g/mol. The number of carbonyl (C=O) groups is 2. The van der Waals surface area contributed by atoms with Crippen LogP contribution >= 0.6 is 0 Å². The van der Waals surface area contributed by atoms with Crippen LogP contribution in [0.15, 0.2) is 18.2 Å². The van der Waals surface area contributed by atoms with Crippen LogP contribution in [-0.2, 0) is 11.8 Å². The molecule has 25 heavy (non-hydrogen) atoms. The minimum absolute atomic E-state index is 0.0679. The number of nitrogens with one attached hydrogen (secondary N) is 1. The third-order valence-electron chi connectivity index (χ3n) is 6.18. The molecule has 2 saturated heterocycles. The molecule has 5 nitrogen and oxygen atoms in total. The van der Waals surface area contributed by atoms with E-state index in [1.165, 1.54) is 5.56 Å². The molecule has 2 fully saturated rings. The number of hydrogen-bond acceptors (Lipinski definition) is 2. The van der Waals surface area contributed by atoms with E-state index in [9.17, 15) is 9.59 Å². The smallest absolute Gasteiger partial charge is 0.270 e. The SMILES string of the molecule is Cc1c(C(=O)N2CCC3(CC2)CNC(=O)C3)n(C)c2c(C)cccc12. The summed E-state index contributed by atoms with van der Waals surface area (Å²) in [5.74, 6) is 0.266. The van der Waals surface area contributed by atoms with Gasteiger partial charge in [0.1, 0.15) is 5.69 Å². The molecule has 1 aromatic carbocycles. The van der Waals surface area contributed by atoms with Gasteiger partial charge in [-0.15, -0.1) is 0 Å². The summed E-state index contributed by atoms with van der Waals surface area (Å²) in [6.07, 6.45) is 2.42. The number of likely N-dealkylation sites (tertiary alicyclic amines) is 1. The molecule has 0 saturated carbocycles. The first-order valence-corrected chi connectivity index (χ1v) is 9.02. The van der Waals surface area contributed by atoms with Crippen molar-refractivity contribution in [1.82, 2.24) is 14.8 Å². The molecule has 2 aliphatic heterocycles. The number of para-hydroxylation sites is 1. The van der Waals surface area contributed by atoms with Crippen LogP contribution < -0.4 is 5.32 Å². The second kappa shape index (κ2) is 5.61. The lowest BCUT2D eigenvalue weighted by atomic mass is 9.77. The molecule has 4 rings (SSSR count). The normalized spacial score (nSPS) is 19.6. The zero-order valence-corrected chi connectivity index (χ0v) is 15.2. The van der Waals surface area contributed by atoms with Crippen LogP contribution in [0.25, 0.3) is 10.9 Å². The quantitative estimate of drug-likeness (QED) is 0.868. The summed E-state index contributed by atoms with van der Waals surface area (Å²) in [7, 11) is 1.99. The molecule has 0 radical (unpaired) electrons. The molecule has 1 aromatic heterocycles. The molecule has 2 amide bonds. The maximum atomic E-state index is 13.2. The van der Waals surface area contributed by atoms with Gasteiger partial charge in [0, 0.05) is 38.5 Å². The highest BCUT2D eigenvalue weighted by molar-refractivity contribution is 6.02. The van der Waals surface area contributed by atoms with E-state index in [0.717, 1.165) is 54.6 Å². The molecule has 0 bridgehead atoms. The summed E-state index contributed by atoms with van der Waals surface area (Å²) in [4.78, 5) is 26.8. The van der Waals surface area contributed by atoms with Crippen LogP contribution in [0, 0.1) is 19.3 Å². The summed E-state index contributed by atoms with van der Waals surface area (Å²) in [5.41, 5.74) is 4.25. The van der Waals surface area contributed by atoms with Crippen molar-refractivity contribution in [2.75, 3.05) is 19.6 Å². The lowest BCUT2D eigenvalue weighted by Crippen LogP contribution is -2.44. The molecular formula is C20H25N3O2. The van der Waals surface area contributed by atoms with Gasteiger partial charge >= 0.3 is 0 Å². The molecule has 3 heterocycles. The Morgan fingerprint density at radius 2 is 1.92 bits per heavy atom. The Hall–Kier alpha value is -2.30. The molecule has 2 aromatic rings. The fourth-order valence-electron chi connectivity index (χ4n) is 4.64. The average molecular weight is 339 g/mol. The topological polar surface area (TPSA) is 54.3 Å². The number of rotatable bonds is 1. The highest BCUT2D eigenvalue weighted by atomic mass is 16.2. The first kappa shape index (κ1) is 16.2. The van der Waals surface area contributed by atoms with Crippen LogP contribution in [0.4, 0.5) is 0 Å². The van der Waals surface area contributed by atoms with E-state index in [4.69, 9.17) is 0 Å². The van der Waals surface area contributed by atoms with Crippen LogP contribution in [-0.4, -0.2) is 40.9 Å². The molecule has 0 atom stereocenters. The van der Waals surface area contributed by atoms with Crippen molar-refractivity contribution < 1.29 is 9.59 Å². The molecule has 1 spiro atoms. The number of aromatic nitrogens is 1. The fourth-order valence-corrected chi connectivity index (χ4v) is 4.64. The lowest BCUT2D eigenvalue weighted by Gasteiger charge is -2.38. The summed E-state index contributed by atoms with van der Waals surface area (Å²) in [6.45, 7) is 6.35. The summed E-state index contributed by atoms with van der Waals surface area (Å²) in [6, 6.07) is 6.23. The van der Waals surface area contributed by atoms with Gasteiger partial charge in [0.15, 0.2) is 0 Å². The number of benzene rings is 1. The minimum atomic E-state index is 0.0679. The van der Waals surface area contributed by atoms with Crippen LogP contribution in [0.5, 0.6) is 0 Å². The first-order chi connectivity index (χ1) is 11.9.